The fourth-order valence-electron chi connectivity index (χ4n) is 4.15. The molecule has 0 radical (unpaired) electrons. The Balaban J connectivity index is 1.91. The van der Waals surface area contributed by atoms with Crippen molar-refractivity contribution in [1.82, 2.24) is 0 Å². The van der Waals surface area contributed by atoms with Crippen LogP contribution in [-0.2, 0) is 37.5 Å². The summed E-state index contributed by atoms with van der Waals surface area (Å²) in [5, 5.41) is 0. The summed E-state index contributed by atoms with van der Waals surface area (Å²) in [7, 11) is 0. The molecule has 1 heterocycles. The molecule has 0 aliphatic carbocycles. The number of ketones is 1. The normalized spacial score (nSPS) is 17.8. The van der Waals surface area contributed by atoms with E-state index in [1.165, 1.54) is 4.90 Å². The Labute approximate surface area is 195 Å². The number of carbonyl (C=O) groups is 3. The smallest absolute Gasteiger partial charge is 0.325 e. The molecular formula is C26H22BrNO4. The highest BCUT2D eigenvalue weighted by atomic mass is 79.9. The summed E-state index contributed by atoms with van der Waals surface area (Å²) in [6.45, 7) is 2.02. The molecular weight excluding hydrogens is 470 g/mol. The molecule has 1 atom stereocenters. The molecule has 162 valence electrons. The molecule has 1 aliphatic heterocycles. The van der Waals surface area contributed by atoms with Gasteiger partial charge in [0.05, 0.1) is 13.2 Å². The molecule has 0 N–H and O–H groups in total. The van der Waals surface area contributed by atoms with Gasteiger partial charge in [-0.2, -0.15) is 0 Å². The number of Topliss-reactive ketones (excluding diaryl/α,β-unsaturated/α-hetero) is 1. The van der Waals surface area contributed by atoms with Crippen LogP contribution in [0.4, 0.5) is 5.69 Å². The maximum atomic E-state index is 13.7. The van der Waals surface area contributed by atoms with Crippen molar-refractivity contribution in [2.24, 2.45) is 0 Å². The maximum Gasteiger partial charge on any atom is 0.325 e. The number of benzene rings is 3. The average Bonchev–Trinajstić information content (AvgIpc) is 2.81. The van der Waals surface area contributed by atoms with Gasteiger partial charge in [0.25, 0.3) is 5.91 Å². The molecule has 4 rings (SSSR count). The number of ether oxygens (including phenoxy) is 1. The number of fused-ring (bicyclic) bond motifs is 1. The molecule has 32 heavy (non-hydrogen) atoms. The number of halogens is 1. The second kappa shape index (κ2) is 9.09. The van der Waals surface area contributed by atoms with E-state index in [2.05, 4.69) is 15.9 Å². The van der Waals surface area contributed by atoms with Crippen LogP contribution in [0.2, 0.25) is 0 Å². The van der Waals surface area contributed by atoms with Crippen LogP contribution in [0.1, 0.15) is 23.6 Å². The molecule has 0 unspecified atom stereocenters. The van der Waals surface area contributed by atoms with Gasteiger partial charge < -0.3 is 9.64 Å². The Kier molecular flexibility index (Phi) is 6.24. The standard InChI is InChI=1S/C26H22BrNO4/c1-2-32-25(31)26(16-18-9-5-3-6-10-18)21-15-20(27)13-14-22(21)28(24(30)23(26)29)17-19-11-7-4-8-12-19/h3-15H,2,16-17H2,1H3/t26-/m0/s1. The van der Waals surface area contributed by atoms with Crippen LogP contribution in [0.15, 0.2) is 83.3 Å². The number of amides is 1. The molecule has 0 fully saturated rings. The van der Waals surface area contributed by atoms with Crippen molar-refractivity contribution < 1.29 is 19.1 Å². The zero-order valence-corrected chi connectivity index (χ0v) is 19.2. The van der Waals surface area contributed by atoms with E-state index < -0.39 is 23.1 Å². The second-order valence-electron chi connectivity index (χ2n) is 7.66. The zero-order valence-electron chi connectivity index (χ0n) is 17.6. The maximum absolute atomic E-state index is 13.7. The number of rotatable bonds is 6. The summed E-state index contributed by atoms with van der Waals surface area (Å²) in [6.07, 6.45) is 0.0415. The van der Waals surface area contributed by atoms with Crippen LogP contribution in [-0.4, -0.2) is 24.3 Å². The van der Waals surface area contributed by atoms with Crippen molar-refractivity contribution in [2.45, 2.75) is 25.3 Å². The molecule has 0 saturated heterocycles. The minimum absolute atomic E-state index is 0.0415. The monoisotopic (exact) mass is 491 g/mol. The lowest BCUT2D eigenvalue weighted by Crippen LogP contribution is -2.58. The van der Waals surface area contributed by atoms with Crippen LogP contribution in [0.3, 0.4) is 0 Å². The Morgan fingerprint density at radius 2 is 1.56 bits per heavy atom. The van der Waals surface area contributed by atoms with Crippen LogP contribution < -0.4 is 4.90 Å². The predicted molar refractivity (Wildman–Crippen MR) is 125 cm³/mol. The lowest BCUT2D eigenvalue weighted by Gasteiger charge is -2.40. The lowest BCUT2D eigenvalue weighted by molar-refractivity contribution is -0.157. The van der Waals surface area contributed by atoms with Gasteiger partial charge in [-0.3, -0.25) is 14.4 Å². The van der Waals surface area contributed by atoms with E-state index in [4.69, 9.17) is 4.74 Å². The summed E-state index contributed by atoms with van der Waals surface area (Å²) in [5.74, 6) is -2.20. The van der Waals surface area contributed by atoms with Crippen LogP contribution >= 0.6 is 15.9 Å². The average molecular weight is 492 g/mol. The first-order valence-corrected chi connectivity index (χ1v) is 11.2. The van der Waals surface area contributed by atoms with Crippen LogP contribution in [0, 0.1) is 0 Å². The quantitative estimate of drug-likeness (QED) is 0.287. The largest absolute Gasteiger partial charge is 0.465 e. The molecule has 6 heteroatoms. The van der Waals surface area contributed by atoms with Gasteiger partial charge in [-0.05, 0) is 36.2 Å². The first-order valence-electron chi connectivity index (χ1n) is 10.4. The van der Waals surface area contributed by atoms with Gasteiger partial charge in [0.1, 0.15) is 0 Å². The van der Waals surface area contributed by atoms with Gasteiger partial charge in [-0.25, -0.2) is 0 Å². The number of carbonyl (C=O) groups excluding carboxylic acids is 3. The van der Waals surface area contributed by atoms with Gasteiger partial charge in [0.15, 0.2) is 5.41 Å². The number of nitrogens with zero attached hydrogens (tertiary/aromatic N) is 1. The predicted octanol–water partition coefficient (Wildman–Crippen LogP) is 4.61. The number of anilines is 1. The van der Waals surface area contributed by atoms with Crippen LogP contribution in [0.5, 0.6) is 0 Å². The minimum atomic E-state index is -1.75. The summed E-state index contributed by atoms with van der Waals surface area (Å²) in [6, 6.07) is 24.0. The Hall–Kier alpha value is -3.25. The van der Waals surface area contributed by atoms with E-state index in [9.17, 15) is 14.4 Å². The number of hydrogen-bond acceptors (Lipinski definition) is 4. The molecule has 0 spiro atoms. The van der Waals surface area contributed by atoms with Crippen molar-refractivity contribution in [1.29, 1.82) is 0 Å². The van der Waals surface area contributed by atoms with E-state index >= 15 is 0 Å². The molecule has 0 bridgehead atoms. The Morgan fingerprint density at radius 3 is 2.19 bits per heavy atom. The van der Waals surface area contributed by atoms with Crippen molar-refractivity contribution in [2.75, 3.05) is 11.5 Å². The van der Waals surface area contributed by atoms with E-state index in [1.54, 1.807) is 25.1 Å². The lowest BCUT2D eigenvalue weighted by atomic mass is 9.69. The second-order valence-corrected chi connectivity index (χ2v) is 8.57. The summed E-state index contributed by atoms with van der Waals surface area (Å²) < 4.78 is 6.09. The van der Waals surface area contributed by atoms with Gasteiger partial charge in [0.2, 0.25) is 5.78 Å². The summed E-state index contributed by atoms with van der Waals surface area (Å²) in [4.78, 5) is 42.0. The van der Waals surface area contributed by atoms with Crippen molar-refractivity contribution in [3.05, 3.63) is 100 Å². The first-order chi connectivity index (χ1) is 15.5. The minimum Gasteiger partial charge on any atom is -0.465 e. The molecule has 1 amide bonds. The van der Waals surface area contributed by atoms with Crippen molar-refractivity contribution >= 4 is 39.3 Å². The topological polar surface area (TPSA) is 63.7 Å². The SMILES string of the molecule is CCOC(=O)[C@]1(Cc2ccccc2)C(=O)C(=O)N(Cc2ccccc2)c2ccc(Br)cc21. The number of esters is 1. The van der Waals surface area contributed by atoms with Gasteiger partial charge in [0, 0.05) is 22.1 Å². The van der Waals surface area contributed by atoms with Crippen molar-refractivity contribution in [3.63, 3.8) is 0 Å². The third-order valence-corrected chi connectivity index (χ3v) is 6.15. The molecule has 3 aromatic carbocycles. The van der Waals surface area contributed by atoms with Gasteiger partial charge >= 0.3 is 5.97 Å². The van der Waals surface area contributed by atoms with E-state index in [1.807, 2.05) is 60.7 Å². The Morgan fingerprint density at radius 1 is 0.938 bits per heavy atom. The highest BCUT2D eigenvalue weighted by Gasteiger charge is 2.57. The zero-order chi connectivity index (χ0) is 22.7. The molecule has 3 aromatic rings. The molecule has 0 aromatic heterocycles. The molecule has 5 nitrogen and oxygen atoms in total. The number of hydrogen-bond donors (Lipinski definition) is 0. The third-order valence-electron chi connectivity index (χ3n) is 5.66. The highest BCUT2D eigenvalue weighted by molar-refractivity contribution is 9.10. The highest BCUT2D eigenvalue weighted by Crippen LogP contribution is 2.43. The van der Waals surface area contributed by atoms with E-state index in [0.29, 0.717) is 15.7 Å². The fourth-order valence-corrected chi connectivity index (χ4v) is 4.51. The Bertz CT molecular complexity index is 1160. The molecule has 1 aliphatic rings. The fraction of sp³-hybridized carbons (Fsp3) is 0.192. The van der Waals surface area contributed by atoms with Crippen LogP contribution in [0.25, 0.3) is 0 Å². The van der Waals surface area contributed by atoms with E-state index in [0.717, 1.165) is 11.1 Å². The summed E-state index contributed by atoms with van der Waals surface area (Å²) in [5.41, 5.74) is 0.902. The van der Waals surface area contributed by atoms with Gasteiger partial charge in [-0.15, -0.1) is 0 Å². The van der Waals surface area contributed by atoms with E-state index in [-0.39, 0.29) is 19.6 Å². The molecule has 0 saturated carbocycles. The van der Waals surface area contributed by atoms with Crippen molar-refractivity contribution in [3.8, 4) is 0 Å². The summed E-state index contributed by atoms with van der Waals surface area (Å²) >= 11 is 3.47. The first kappa shape index (κ1) is 22.0. The van der Waals surface area contributed by atoms with Gasteiger partial charge in [-0.1, -0.05) is 76.6 Å². The third kappa shape index (κ3) is 3.86.